The minimum absolute atomic E-state index is 0.0208. The number of halogens is 1. The topological polar surface area (TPSA) is 102 Å². The summed E-state index contributed by atoms with van der Waals surface area (Å²) < 4.78 is 0. The molecular weight excluding hydrogens is 280 g/mol. The van der Waals surface area contributed by atoms with Crippen LogP contribution in [0.4, 0.5) is 5.69 Å². The molecule has 0 aromatic carbocycles. The number of anilines is 1. The van der Waals surface area contributed by atoms with Gasteiger partial charge in [0.25, 0.3) is 5.91 Å². The van der Waals surface area contributed by atoms with E-state index in [2.05, 4.69) is 4.98 Å². The molecule has 1 heterocycles. The lowest BCUT2D eigenvalue weighted by Crippen LogP contribution is -2.44. The fourth-order valence-electron chi connectivity index (χ4n) is 2.52. The fourth-order valence-corrected chi connectivity index (χ4v) is 2.70. The molecule has 0 aliphatic heterocycles. The van der Waals surface area contributed by atoms with Gasteiger partial charge in [0.05, 0.1) is 24.0 Å². The Morgan fingerprint density at radius 2 is 2.05 bits per heavy atom. The first-order valence-electron chi connectivity index (χ1n) is 6.49. The van der Waals surface area contributed by atoms with Crippen molar-refractivity contribution in [3.63, 3.8) is 0 Å². The van der Waals surface area contributed by atoms with Gasteiger partial charge in [0, 0.05) is 6.04 Å². The van der Waals surface area contributed by atoms with Crippen molar-refractivity contribution in [3.05, 3.63) is 23.0 Å². The highest BCUT2D eigenvalue weighted by atomic mass is 35.5. The minimum Gasteiger partial charge on any atom is -0.397 e. The van der Waals surface area contributed by atoms with Gasteiger partial charge in [-0.05, 0) is 18.9 Å². The van der Waals surface area contributed by atoms with Gasteiger partial charge in [0.15, 0.2) is 0 Å². The monoisotopic (exact) mass is 296 g/mol. The first-order valence-corrected chi connectivity index (χ1v) is 6.87. The van der Waals surface area contributed by atoms with Crippen molar-refractivity contribution in [2.24, 2.45) is 5.73 Å². The summed E-state index contributed by atoms with van der Waals surface area (Å²) in [5.74, 6) is -0.890. The van der Waals surface area contributed by atoms with Crippen LogP contribution in [-0.2, 0) is 4.79 Å². The predicted octanol–water partition coefficient (Wildman–Crippen LogP) is 1.19. The molecule has 20 heavy (non-hydrogen) atoms. The van der Waals surface area contributed by atoms with E-state index in [0.29, 0.717) is 5.69 Å². The van der Waals surface area contributed by atoms with Crippen LogP contribution in [0.1, 0.15) is 36.0 Å². The number of aromatic nitrogens is 1. The standard InChI is InChI=1S/C13H17ClN4O2/c14-12-10(5-8(15)6-17-12)13(20)18(7-11(16)19)9-3-1-2-4-9/h5-6,9H,1-4,7,15H2,(H2,16,19). The molecule has 0 radical (unpaired) electrons. The quantitative estimate of drug-likeness (QED) is 0.815. The van der Waals surface area contributed by atoms with E-state index in [4.69, 9.17) is 23.1 Å². The molecule has 4 N–H and O–H groups in total. The van der Waals surface area contributed by atoms with Gasteiger partial charge in [-0.1, -0.05) is 24.4 Å². The molecule has 0 bridgehead atoms. The molecule has 0 atom stereocenters. The molecule has 1 aliphatic rings. The lowest BCUT2D eigenvalue weighted by atomic mass is 10.1. The van der Waals surface area contributed by atoms with Crippen LogP contribution in [0.15, 0.2) is 12.3 Å². The van der Waals surface area contributed by atoms with Crippen LogP contribution < -0.4 is 11.5 Å². The Balaban J connectivity index is 2.29. The second-order valence-corrected chi connectivity index (χ2v) is 5.30. The number of pyridine rings is 1. The SMILES string of the molecule is NC(=O)CN(C(=O)c1cc(N)cnc1Cl)C1CCCC1. The van der Waals surface area contributed by atoms with Gasteiger partial charge in [-0.2, -0.15) is 0 Å². The minimum atomic E-state index is -0.543. The van der Waals surface area contributed by atoms with E-state index < -0.39 is 5.91 Å². The number of carbonyl (C=O) groups is 2. The van der Waals surface area contributed by atoms with Crippen LogP contribution in [-0.4, -0.2) is 34.3 Å². The Kier molecular flexibility index (Phi) is 4.44. The van der Waals surface area contributed by atoms with E-state index in [1.807, 2.05) is 0 Å². The summed E-state index contributed by atoms with van der Waals surface area (Å²) in [5.41, 5.74) is 11.4. The van der Waals surface area contributed by atoms with Crippen molar-refractivity contribution in [2.45, 2.75) is 31.7 Å². The molecule has 1 fully saturated rings. The number of nitrogens with zero attached hydrogens (tertiary/aromatic N) is 2. The van der Waals surface area contributed by atoms with E-state index in [9.17, 15) is 9.59 Å². The molecule has 2 rings (SSSR count). The Labute approximate surface area is 122 Å². The Bertz CT molecular complexity index is 529. The highest BCUT2D eigenvalue weighted by Gasteiger charge is 2.29. The largest absolute Gasteiger partial charge is 0.397 e. The number of rotatable bonds is 4. The maximum Gasteiger partial charge on any atom is 0.257 e. The van der Waals surface area contributed by atoms with Crippen LogP contribution >= 0.6 is 11.6 Å². The summed E-state index contributed by atoms with van der Waals surface area (Å²) >= 11 is 5.95. The maximum absolute atomic E-state index is 12.6. The molecule has 0 saturated heterocycles. The van der Waals surface area contributed by atoms with Crippen LogP contribution in [0, 0.1) is 0 Å². The summed E-state index contributed by atoms with van der Waals surface area (Å²) in [6, 6.07) is 1.49. The molecule has 1 aromatic rings. The third kappa shape index (κ3) is 3.19. The number of hydrogen-bond acceptors (Lipinski definition) is 4. The lowest BCUT2D eigenvalue weighted by Gasteiger charge is -2.28. The molecule has 108 valence electrons. The molecule has 1 aromatic heterocycles. The number of primary amides is 1. The second-order valence-electron chi connectivity index (χ2n) is 4.94. The normalized spacial score (nSPS) is 15.2. The van der Waals surface area contributed by atoms with Gasteiger partial charge < -0.3 is 16.4 Å². The van der Waals surface area contributed by atoms with Crippen LogP contribution in [0.2, 0.25) is 5.15 Å². The lowest BCUT2D eigenvalue weighted by molar-refractivity contribution is -0.119. The van der Waals surface area contributed by atoms with Crippen LogP contribution in [0.5, 0.6) is 0 Å². The van der Waals surface area contributed by atoms with Gasteiger partial charge in [0.1, 0.15) is 5.15 Å². The van der Waals surface area contributed by atoms with Crippen LogP contribution in [0.3, 0.4) is 0 Å². The zero-order chi connectivity index (χ0) is 14.7. The Morgan fingerprint density at radius 1 is 1.40 bits per heavy atom. The molecule has 2 amide bonds. The number of amides is 2. The van der Waals surface area contributed by atoms with Gasteiger partial charge >= 0.3 is 0 Å². The fraction of sp³-hybridized carbons (Fsp3) is 0.462. The summed E-state index contributed by atoms with van der Waals surface area (Å²) in [6.45, 7) is -0.116. The van der Waals surface area contributed by atoms with E-state index in [1.54, 1.807) is 0 Å². The van der Waals surface area contributed by atoms with Crippen molar-refractivity contribution < 1.29 is 9.59 Å². The summed E-state index contributed by atoms with van der Waals surface area (Å²) in [7, 11) is 0. The third-order valence-corrected chi connectivity index (χ3v) is 3.74. The van der Waals surface area contributed by atoms with E-state index in [-0.39, 0.29) is 29.2 Å². The summed E-state index contributed by atoms with van der Waals surface area (Å²) in [4.78, 5) is 29.1. The summed E-state index contributed by atoms with van der Waals surface area (Å²) in [5, 5.41) is 0.0802. The van der Waals surface area contributed by atoms with Crippen molar-refractivity contribution in [2.75, 3.05) is 12.3 Å². The highest BCUT2D eigenvalue weighted by molar-refractivity contribution is 6.32. The Morgan fingerprint density at radius 3 is 2.65 bits per heavy atom. The van der Waals surface area contributed by atoms with Gasteiger partial charge in [-0.15, -0.1) is 0 Å². The van der Waals surface area contributed by atoms with Gasteiger partial charge in [-0.3, -0.25) is 9.59 Å². The van der Waals surface area contributed by atoms with Gasteiger partial charge in [0.2, 0.25) is 5.91 Å². The van der Waals surface area contributed by atoms with Crippen molar-refractivity contribution >= 4 is 29.1 Å². The van der Waals surface area contributed by atoms with Crippen molar-refractivity contribution in [3.8, 4) is 0 Å². The zero-order valence-corrected chi connectivity index (χ0v) is 11.8. The Hall–Kier alpha value is -1.82. The van der Waals surface area contributed by atoms with Crippen molar-refractivity contribution in [1.29, 1.82) is 0 Å². The number of nitrogen functional groups attached to an aromatic ring is 1. The predicted molar refractivity (Wildman–Crippen MR) is 76.1 cm³/mol. The zero-order valence-electron chi connectivity index (χ0n) is 11.0. The smallest absolute Gasteiger partial charge is 0.257 e. The summed E-state index contributed by atoms with van der Waals surface area (Å²) in [6.07, 6.45) is 5.19. The molecule has 6 nitrogen and oxygen atoms in total. The first-order chi connectivity index (χ1) is 9.49. The molecule has 0 spiro atoms. The van der Waals surface area contributed by atoms with E-state index in [1.165, 1.54) is 17.2 Å². The maximum atomic E-state index is 12.6. The molecule has 1 saturated carbocycles. The first kappa shape index (κ1) is 14.6. The number of carbonyl (C=O) groups excluding carboxylic acids is 2. The highest BCUT2D eigenvalue weighted by Crippen LogP contribution is 2.26. The second kappa shape index (κ2) is 6.09. The third-order valence-electron chi connectivity index (χ3n) is 3.44. The average Bonchev–Trinajstić information content (AvgIpc) is 2.91. The van der Waals surface area contributed by atoms with Crippen molar-refractivity contribution in [1.82, 2.24) is 9.88 Å². The molecule has 0 unspecified atom stereocenters. The molecule has 7 heteroatoms. The van der Waals surface area contributed by atoms with E-state index >= 15 is 0 Å². The van der Waals surface area contributed by atoms with E-state index in [0.717, 1.165) is 25.7 Å². The number of hydrogen-bond donors (Lipinski definition) is 2. The van der Waals surface area contributed by atoms with Crippen LogP contribution in [0.25, 0.3) is 0 Å². The van der Waals surface area contributed by atoms with Gasteiger partial charge in [-0.25, -0.2) is 4.98 Å². The average molecular weight is 297 g/mol. The molecule has 1 aliphatic carbocycles. The number of nitrogens with two attached hydrogens (primary N) is 2. The molecular formula is C13H17ClN4O2.